The molecule has 0 bridgehead atoms. The standard InChI is InChI=1S/C10H19N/c1-9(11-7-4-8-11)10-5-2-3-6-10/h9-10H,2-8H2,1H3. The quantitative estimate of drug-likeness (QED) is 0.588. The topological polar surface area (TPSA) is 3.24 Å². The number of hydrogen-bond donors (Lipinski definition) is 0. The van der Waals surface area contributed by atoms with E-state index >= 15 is 0 Å². The Kier molecular flexibility index (Phi) is 2.17. The molecule has 0 aromatic rings. The third kappa shape index (κ3) is 1.44. The first-order chi connectivity index (χ1) is 5.38. The van der Waals surface area contributed by atoms with Crippen molar-refractivity contribution in [1.82, 2.24) is 4.90 Å². The molecule has 0 aromatic heterocycles. The molecule has 0 amide bonds. The second kappa shape index (κ2) is 3.14. The summed E-state index contributed by atoms with van der Waals surface area (Å²) in [6.45, 7) is 5.17. The van der Waals surface area contributed by atoms with Crippen molar-refractivity contribution in [2.75, 3.05) is 13.1 Å². The van der Waals surface area contributed by atoms with Gasteiger partial charge in [0.1, 0.15) is 0 Å². The molecule has 64 valence electrons. The molecule has 1 saturated carbocycles. The van der Waals surface area contributed by atoms with E-state index in [4.69, 9.17) is 0 Å². The van der Waals surface area contributed by atoms with Crippen molar-refractivity contribution in [2.24, 2.45) is 5.92 Å². The molecule has 1 aliphatic carbocycles. The number of likely N-dealkylation sites (tertiary alicyclic amines) is 1. The van der Waals surface area contributed by atoms with Gasteiger partial charge in [0.2, 0.25) is 0 Å². The van der Waals surface area contributed by atoms with Crippen LogP contribution in [0.15, 0.2) is 0 Å². The summed E-state index contributed by atoms with van der Waals surface area (Å²) in [4.78, 5) is 2.65. The van der Waals surface area contributed by atoms with Crippen LogP contribution >= 0.6 is 0 Å². The molecule has 2 aliphatic rings. The van der Waals surface area contributed by atoms with Crippen molar-refractivity contribution in [1.29, 1.82) is 0 Å². The van der Waals surface area contributed by atoms with E-state index in [1.54, 1.807) is 0 Å². The van der Waals surface area contributed by atoms with Gasteiger partial charge in [-0.25, -0.2) is 0 Å². The van der Waals surface area contributed by atoms with Crippen molar-refractivity contribution in [2.45, 2.75) is 45.1 Å². The molecule has 0 aromatic carbocycles. The van der Waals surface area contributed by atoms with E-state index in [1.165, 1.54) is 45.2 Å². The van der Waals surface area contributed by atoms with Crippen LogP contribution in [0.1, 0.15) is 39.0 Å². The van der Waals surface area contributed by atoms with E-state index in [9.17, 15) is 0 Å². The number of rotatable bonds is 2. The third-order valence-electron chi connectivity index (χ3n) is 3.55. The minimum Gasteiger partial charge on any atom is -0.300 e. The molecule has 1 atom stereocenters. The van der Waals surface area contributed by atoms with Gasteiger partial charge in [0, 0.05) is 6.04 Å². The summed E-state index contributed by atoms with van der Waals surface area (Å²) in [5.41, 5.74) is 0. The summed E-state index contributed by atoms with van der Waals surface area (Å²) >= 11 is 0. The molecule has 1 heterocycles. The number of nitrogens with zero attached hydrogens (tertiary/aromatic N) is 1. The Hall–Kier alpha value is -0.0400. The summed E-state index contributed by atoms with van der Waals surface area (Å²) in [7, 11) is 0. The molecule has 1 aliphatic heterocycles. The van der Waals surface area contributed by atoms with E-state index in [2.05, 4.69) is 11.8 Å². The Morgan fingerprint density at radius 2 is 1.73 bits per heavy atom. The fraction of sp³-hybridized carbons (Fsp3) is 1.00. The molecule has 0 spiro atoms. The average Bonchev–Trinajstić information content (AvgIpc) is 2.32. The summed E-state index contributed by atoms with van der Waals surface area (Å²) in [6.07, 6.45) is 7.41. The fourth-order valence-electron chi connectivity index (χ4n) is 2.49. The minimum atomic E-state index is 0.895. The van der Waals surface area contributed by atoms with Gasteiger partial charge in [0.25, 0.3) is 0 Å². The Balaban J connectivity index is 1.82. The van der Waals surface area contributed by atoms with E-state index in [-0.39, 0.29) is 0 Å². The van der Waals surface area contributed by atoms with Crippen molar-refractivity contribution in [3.05, 3.63) is 0 Å². The van der Waals surface area contributed by atoms with Crippen LogP contribution in [0.3, 0.4) is 0 Å². The minimum absolute atomic E-state index is 0.895. The molecule has 0 radical (unpaired) electrons. The van der Waals surface area contributed by atoms with Gasteiger partial charge in [0.15, 0.2) is 0 Å². The second-order valence-corrected chi connectivity index (χ2v) is 4.17. The number of hydrogen-bond acceptors (Lipinski definition) is 1. The predicted octanol–water partition coefficient (Wildman–Crippen LogP) is 2.27. The van der Waals surface area contributed by atoms with Gasteiger partial charge in [-0.3, -0.25) is 0 Å². The SMILES string of the molecule is CC(C1CCCC1)N1CCC1. The maximum atomic E-state index is 2.65. The van der Waals surface area contributed by atoms with Crippen LogP contribution in [0.5, 0.6) is 0 Å². The molecular weight excluding hydrogens is 134 g/mol. The highest BCUT2D eigenvalue weighted by atomic mass is 15.2. The summed E-state index contributed by atoms with van der Waals surface area (Å²) < 4.78 is 0. The first-order valence-electron chi connectivity index (χ1n) is 5.12. The van der Waals surface area contributed by atoms with Crippen molar-refractivity contribution in [3.63, 3.8) is 0 Å². The monoisotopic (exact) mass is 153 g/mol. The summed E-state index contributed by atoms with van der Waals surface area (Å²) in [5, 5.41) is 0. The summed E-state index contributed by atoms with van der Waals surface area (Å²) in [5.74, 6) is 1.04. The van der Waals surface area contributed by atoms with Crippen LogP contribution in [0.2, 0.25) is 0 Å². The summed E-state index contributed by atoms with van der Waals surface area (Å²) in [6, 6.07) is 0.895. The Bertz CT molecular complexity index is 123. The van der Waals surface area contributed by atoms with Gasteiger partial charge in [-0.1, -0.05) is 12.8 Å². The molecule has 11 heavy (non-hydrogen) atoms. The van der Waals surface area contributed by atoms with Gasteiger partial charge in [-0.15, -0.1) is 0 Å². The maximum absolute atomic E-state index is 2.65. The van der Waals surface area contributed by atoms with Gasteiger partial charge < -0.3 is 4.90 Å². The van der Waals surface area contributed by atoms with Crippen LogP contribution in [0.25, 0.3) is 0 Å². The van der Waals surface area contributed by atoms with Crippen molar-refractivity contribution in [3.8, 4) is 0 Å². The van der Waals surface area contributed by atoms with Gasteiger partial charge in [-0.2, -0.15) is 0 Å². The lowest BCUT2D eigenvalue weighted by molar-refractivity contribution is 0.0902. The van der Waals surface area contributed by atoms with E-state index in [0.29, 0.717) is 0 Å². The van der Waals surface area contributed by atoms with E-state index in [0.717, 1.165) is 12.0 Å². The van der Waals surface area contributed by atoms with Crippen LogP contribution in [-0.2, 0) is 0 Å². The van der Waals surface area contributed by atoms with Crippen molar-refractivity contribution < 1.29 is 0 Å². The molecule has 1 saturated heterocycles. The van der Waals surface area contributed by atoms with Crippen LogP contribution in [-0.4, -0.2) is 24.0 Å². The smallest absolute Gasteiger partial charge is 0.00952 e. The average molecular weight is 153 g/mol. The molecule has 1 nitrogen and oxygen atoms in total. The van der Waals surface area contributed by atoms with Crippen molar-refractivity contribution >= 4 is 0 Å². The van der Waals surface area contributed by atoms with Crippen LogP contribution < -0.4 is 0 Å². The molecule has 1 unspecified atom stereocenters. The molecule has 2 fully saturated rings. The highest BCUT2D eigenvalue weighted by Gasteiger charge is 2.28. The van der Waals surface area contributed by atoms with E-state index < -0.39 is 0 Å². The zero-order chi connectivity index (χ0) is 7.68. The first-order valence-corrected chi connectivity index (χ1v) is 5.12. The zero-order valence-electron chi connectivity index (χ0n) is 7.55. The normalized spacial score (nSPS) is 30.3. The Morgan fingerprint density at radius 1 is 1.09 bits per heavy atom. The largest absolute Gasteiger partial charge is 0.300 e. The van der Waals surface area contributed by atoms with Crippen LogP contribution in [0.4, 0.5) is 0 Å². The third-order valence-corrected chi connectivity index (χ3v) is 3.55. The highest BCUT2D eigenvalue weighted by Crippen LogP contribution is 2.31. The van der Waals surface area contributed by atoms with Gasteiger partial charge in [-0.05, 0) is 45.2 Å². The molecular formula is C10H19N. The Morgan fingerprint density at radius 3 is 2.18 bits per heavy atom. The molecule has 2 rings (SSSR count). The molecule has 1 heteroatoms. The lowest BCUT2D eigenvalue weighted by Gasteiger charge is -2.39. The lowest BCUT2D eigenvalue weighted by atomic mass is 9.96. The zero-order valence-corrected chi connectivity index (χ0v) is 7.55. The maximum Gasteiger partial charge on any atom is 0.00952 e. The van der Waals surface area contributed by atoms with E-state index in [1.807, 2.05) is 0 Å². The van der Waals surface area contributed by atoms with Gasteiger partial charge in [0.05, 0.1) is 0 Å². The highest BCUT2D eigenvalue weighted by molar-refractivity contribution is 4.83. The molecule has 0 N–H and O–H groups in total. The van der Waals surface area contributed by atoms with Crippen LogP contribution in [0, 0.1) is 5.92 Å². The van der Waals surface area contributed by atoms with Gasteiger partial charge >= 0.3 is 0 Å². The first kappa shape index (κ1) is 7.60. The lowest BCUT2D eigenvalue weighted by Crippen LogP contribution is -2.46. The second-order valence-electron chi connectivity index (χ2n) is 4.17. The predicted molar refractivity (Wildman–Crippen MR) is 47.6 cm³/mol. The fourth-order valence-corrected chi connectivity index (χ4v) is 2.49. The Labute approximate surface area is 69.8 Å².